The van der Waals surface area contributed by atoms with E-state index in [4.69, 9.17) is 4.74 Å². The molecule has 1 aromatic carbocycles. The van der Waals surface area contributed by atoms with Gasteiger partial charge in [0.15, 0.2) is 0 Å². The zero-order valence-corrected chi connectivity index (χ0v) is 18.3. The van der Waals surface area contributed by atoms with Crippen molar-refractivity contribution >= 4 is 16.7 Å². The highest BCUT2D eigenvalue weighted by Crippen LogP contribution is 2.35. The highest BCUT2D eigenvalue weighted by molar-refractivity contribution is 5.92. The van der Waals surface area contributed by atoms with E-state index in [1.807, 2.05) is 6.07 Å². The van der Waals surface area contributed by atoms with E-state index < -0.39 is 23.8 Å². The molecule has 3 aromatic rings. The van der Waals surface area contributed by atoms with Crippen LogP contribution in [0.25, 0.3) is 10.9 Å². The summed E-state index contributed by atoms with van der Waals surface area (Å²) in [6, 6.07) is 5.38. The van der Waals surface area contributed by atoms with Crippen LogP contribution in [0.3, 0.4) is 0 Å². The number of alkyl halides is 2. The smallest absolute Gasteiger partial charge is 0.266 e. The first-order valence-corrected chi connectivity index (χ1v) is 10.6. The van der Waals surface area contributed by atoms with Crippen LogP contribution in [0.4, 0.5) is 19.0 Å². The van der Waals surface area contributed by atoms with Crippen molar-refractivity contribution in [3.63, 3.8) is 0 Å². The minimum atomic E-state index is -2.88. The molecule has 32 heavy (non-hydrogen) atoms. The maximum absolute atomic E-state index is 14.7. The summed E-state index contributed by atoms with van der Waals surface area (Å²) >= 11 is 0. The van der Waals surface area contributed by atoms with E-state index in [-0.39, 0.29) is 11.5 Å². The summed E-state index contributed by atoms with van der Waals surface area (Å²) in [6.07, 6.45) is 0.463. The Bertz CT molecular complexity index is 1100. The molecule has 2 aromatic heterocycles. The molecule has 6 nitrogen and oxygen atoms in total. The number of nitrogens with zero attached hydrogens (tertiary/aromatic N) is 4. The lowest BCUT2D eigenvalue weighted by Gasteiger charge is -2.29. The van der Waals surface area contributed by atoms with E-state index in [1.54, 1.807) is 14.0 Å². The second-order valence-corrected chi connectivity index (χ2v) is 8.17. The van der Waals surface area contributed by atoms with E-state index in [2.05, 4.69) is 32.2 Å². The monoisotopic (exact) mass is 445 g/mol. The number of methoxy groups -OCH3 is 1. The van der Waals surface area contributed by atoms with Crippen LogP contribution in [0.2, 0.25) is 0 Å². The van der Waals surface area contributed by atoms with Gasteiger partial charge in [0.2, 0.25) is 5.88 Å². The third-order valence-corrected chi connectivity index (χ3v) is 6.05. The quantitative estimate of drug-likeness (QED) is 0.570. The van der Waals surface area contributed by atoms with E-state index in [0.29, 0.717) is 22.6 Å². The Kier molecular flexibility index (Phi) is 6.45. The fraction of sp³-hybridized carbons (Fsp3) is 0.435. The number of halogens is 3. The Morgan fingerprint density at radius 1 is 1.16 bits per heavy atom. The molecular formula is C23H26F3N5O. The largest absolute Gasteiger partial charge is 0.479 e. The molecule has 1 fully saturated rings. The molecule has 1 aliphatic rings. The van der Waals surface area contributed by atoms with Gasteiger partial charge in [-0.1, -0.05) is 18.2 Å². The van der Waals surface area contributed by atoms with Gasteiger partial charge in [0.05, 0.1) is 24.1 Å². The summed E-state index contributed by atoms with van der Waals surface area (Å²) in [7, 11) is 3.65. The average Bonchev–Trinajstić information content (AvgIpc) is 2.79. The number of hydrogen-bond acceptors (Lipinski definition) is 6. The van der Waals surface area contributed by atoms with Crippen molar-refractivity contribution in [3.8, 4) is 5.88 Å². The number of ether oxygens (including phenoxy) is 1. The van der Waals surface area contributed by atoms with Crippen LogP contribution < -0.4 is 10.1 Å². The molecule has 0 amide bonds. The normalized spacial score (nSPS) is 16.5. The second-order valence-electron chi connectivity index (χ2n) is 8.17. The maximum atomic E-state index is 14.7. The summed E-state index contributed by atoms with van der Waals surface area (Å²) < 4.78 is 46.4. The molecular weight excluding hydrogens is 419 g/mol. The fourth-order valence-corrected chi connectivity index (χ4v) is 4.18. The van der Waals surface area contributed by atoms with Crippen LogP contribution in [0, 0.1) is 5.82 Å². The minimum Gasteiger partial charge on any atom is -0.479 e. The molecule has 0 spiro atoms. The van der Waals surface area contributed by atoms with Crippen LogP contribution in [0.1, 0.15) is 55.0 Å². The van der Waals surface area contributed by atoms with E-state index >= 15 is 0 Å². The molecule has 4 rings (SSSR count). The highest BCUT2D eigenvalue weighted by Gasteiger charge is 2.24. The second kappa shape index (κ2) is 9.28. The summed E-state index contributed by atoms with van der Waals surface area (Å²) in [5, 5.41) is 3.87. The number of fused-ring (bicyclic) bond motifs is 1. The Morgan fingerprint density at radius 3 is 2.56 bits per heavy atom. The molecule has 1 saturated heterocycles. The number of likely N-dealkylation sites (tertiary alicyclic amines) is 1. The summed E-state index contributed by atoms with van der Waals surface area (Å²) in [6.45, 7) is 3.68. The van der Waals surface area contributed by atoms with E-state index in [1.165, 1.54) is 18.5 Å². The Morgan fingerprint density at radius 2 is 1.88 bits per heavy atom. The van der Waals surface area contributed by atoms with Crippen molar-refractivity contribution in [1.82, 2.24) is 19.9 Å². The topological polar surface area (TPSA) is 63.2 Å². The summed E-state index contributed by atoms with van der Waals surface area (Å²) in [5.74, 6) is 0.252. The fourth-order valence-electron chi connectivity index (χ4n) is 4.18. The number of piperidine rings is 1. The van der Waals surface area contributed by atoms with Crippen LogP contribution in [-0.4, -0.2) is 47.1 Å². The molecule has 0 aliphatic carbocycles. The zero-order chi connectivity index (χ0) is 22.8. The zero-order valence-electron chi connectivity index (χ0n) is 18.3. The first-order chi connectivity index (χ1) is 15.4. The number of benzene rings is 1. The van der Waals surface area contributed by atoms with Crippen molar-refractivity contribution < 1.29 is 17.9 Å². The summed E-state index contributed by atoms with van der Waals surface area (Å²) in [5.41, 5.74) is 0.972. The predicted molar refractivity (Wildman–Crippen MR) is 117 cm³/mol. The van der Waals surface area contributed by atoms with Gasteiger partial charge < -0.3 is 15.0 Å². The Balaban J connectivity index is 1.71. The van der Waals surface area contributed by atoms with E-state index in [0.717, 1.165) is 37.7 Å². The van der Waals surface area contributed by atoms with Gasteiger partial charge >= 0.3 is 0 Å². The SMILES string of the molecule is COc1nc(C2CCN(C)CC2)cc2c(N[C@H](C)c3cccc(C(F)F)c3F)ncnc12. The summed E-state index contributed by atoms with van der Waals surface area (Å²) in [4.78, 5) is 15.7. The van der Waals surface area contributed by atoms with Crippen molar-refractivity contribution in [2.24, 2.45) is 0 Å². The van der Waals surface area contributed by atoms with Gasteiger partial charge in [-0.25, -0.2) is 28.1 Å². The van der Waals surface area contributed by atoms with Gasteiger partial charge in [-0.2, -0.15) is 0 Å². The van der Waals surface area contributed by atoms with Crippen molar-refractivity contribution in [2.45, 2.75) is 38.2 Å². The third kappa shape index (κ3) is 4.34. The third-order valence-electron chi connectivity index (χ3n) is 6.05. The van der Waals surface area contributed by atoms with Gasteiger partial charge in [-0.05, 0) is 46.0 Å². The molecule has 1 N–H and O–H groups in total. The Hall–Kier alpha value is -2.94. The number of anilines is 1. The number of aromatic nitrogens is 3. The number of hydrogen-bond donors (Lipinski definition) is 1. The molecule has 9 heteroatoms. The van der Waals surface area contributed by atoms with Gasteiger partial charge in [-0.3, -0.25) is 0 Å². The minimum absolute atomic E-state index is 0.145. The molecule has 0 unspecified atom stereocenters. The van der Waals surface area contributed by atoms with Crippen LogP contribution >= 0.6 is 0 Å². The molecule has 0 saturated carbocycles. The van der Waals surface area contributed by atoms with Crippen molar-refractivity contribution in [1.29, 1.82) is 0 Å². The van der Waals surface area contributed by atoms with Gasteiger partial charge in [-0.15, -0.1) is 0 Å². The molecule has 170 valence electrons. The van der Waals surface area contributed by atoms with Gasteiger partial charge in [0.1, 0.15) is 23.5 Å². The number of nitrogens with one attached hydrogen (secondary N) is 1. The Labute approximate surface area is 184 Å². The van der Waals surface area contributed by atoms with Crippen molar-refractivity contribution in [3.05, 3.63) is 53.2 Å². The van der Waals surface area contributed by atoms with Crippen LogP contribution in [0.5, 0.6) is 5.88 Å². The predicted octanol–water partition coefficient (Wildman–Crippen LogP) is 5.09. The van der Waals surface area contributed by atoms with Crippen LogP contribution in [0.15, 0.2) is 30.6 Å². The first kappa shape index (κ1) is 22.3. The molecule has 0 radical (unpaired) electrons. The molecule has 1 aliphatic heterocycles. The lowest BCUT2D eigenvalue weighted by Crippen LogP contribution is -2.29. The van der Waals surface area contributed by atoms with Gasteiger partial charge in [0.25, 0.3) is 6.43 Å². The van der Waals surface area contributed by atoms with Gasteiger partial charge in [0, 0.05) is 17.2 Å². The average molecular weight is 445 g/mol. The van der Waals surface area contributed by atoms with Crippen LogP contribution in [-0.2, 0) is 0 Å². The molecule has 1 atom stereocenters. The highest BCUT2D eigenvalue weighted by atomic mass is 19.3. The van der Waals surface area contributed by atoms with Crippen molar-refractivity contribution in [2.75, 3.05) is 32.6 Å². The van der Waals surface area contributed by atoms with E-state index in [9.17, 15) is 13.2 Å². The standard InChI is InChI=1S/C23H26F3N5O/c1-13(15-5-4-6-16(19(15)24)21(25)26)29-22-17-11-18(14-7-9-31(2)10-8-14)30-23(32-3)20(17)27-12-28-22/h4-6,11-14,21H,7-10H2,1-3H3,(H,27,28,29)/t13-/m1/s1. The first-order valence-electron chi connectivity index (χ1n) is 10.6. The molecule has 0 bridgehead atoms. The maximum Gasteiger partial charge on any atom is 0.266 e. The number of pyridine rings is 1. The lowest BCUT2D eigenvalue weighted by molar-refractivity contribution is 0.146. The molecule has 3 heterocycles. The number of rotatable bonds is 6. The lowest BCUT2D eigenvalue weighted by atomic mass is 9.92.